The minimum Gasteiger partial charge on any atom is -0.481 e. The van der Waals surface area contributed by atoms with Crippen LogP contribution in [0.4, 0.5) is 0 Å². The lowest BCUT2D eigenvalue weighted by molar-refractivity contribution is -0.139. The van der Waals surface area contributed by atoms with Crippen molar-refractivity contribution < 1.29 is 19.4 Å². The molecule has 1 rings (SSSR count). The average molecular weight is 173 g/mol. The Morgan fingerprint density at radius 1 is 1.75 bits per heavy atom. The maximum atomic E-state index is 10.4. The van der Waals surface area contributed by atoms with Gasteiger partial charge in [-0.3, -0.25) is 9.59 Å². The van der Waals surface area contributed by atoms with Crippen LogP contribution in [-0.4, -0.2) is 24.1 Å². The molecule has 0 spiro atoms. The maximum Gasteiger partial charge on any atom is 0.314 e. The van der Waals surface area contributed by atoms with E-state index in [1.54, 1.807) is 0 Å². The van der Waals surface area contributed by atoms with E-state index < -0.39 is 5.97 Å². The van der Waals surface area contributed by atoms with Gasteiger partial charge in [-0.05, 0) is 13.1 Å². The molecule has 0 radical (unpaired) electrons. The summed E-state index contributed by atoms with van der Waals surface area (Å²) in [5, 5.41) is 8.23. The van der Waals surface area contributed by atoms with Gasteiger partial charge in [0, 0.05) is 0 Å². The van der Waals surface area contributed by atoms with E-state index in [1.807, 2.05) is 0 Å². The Balaban J connectivity index is 0.000000561. The number of carbonyl (C=O) groups is 2. The Kier molecular flexibility index (Phi) is 4.71. The summed E-state index contributed by atoms with van der Waals surface area (Å²) in [5.74, 6) is -1.12. The van der Waals surface area contributed by atoms with E-state index in [9.17, 15) is 9.59 Å². The molecule has 0 aromatic rings. The molecule has 0 fully saturated rings. The summed E-state index contributed by atoms with van der Waals surface area (Å²) in [6, 6.07) is 0. The zero-order valence-electron chi connectivity index (χ0n) is 6.74. The number of nitrogens with two attached hydrogens (primary N) is 1. The molecule has 0 aromatic carbocycles. The van der Waals surface area contributed by atoms with Gasteiger partial charge >= 0.3 is 11.9 Å². The van der Waals surface area contributed by atoms with Crippen molar-refractivity contribution in [1.82, 2.24) is 0 Å². The number of rotatable bonds is 2. The molecule has 12 heavy (non-hydrogen) atoms. The van der Waals surface area contributed by atoms with Crippen molar-refractivity contribution in [3.8, 4) is 0 Å². The quantitative estimate of drug-likeness (QED) is 0.567. The number of hydrogen-bond donors (Lipinski definition) is 2. The van der Waals surface area contributed by atoms with Crippen LogP contribution in [0.1, 0.15) is 12.8 Å². The van der Waals surface area contributed by atoms with Crippen molar-refractivity contribution in [2.45, 2.75) is 12.8 Å². The lowest BCUT2D eigenvalue weighted by atomic mass is 10.3. The van der Waals surface area contributed by atoms with Gasteiger partial charge < -0.3 is 15.6 Å². The average Bonchev–Trinajstić information content (AvgIpc) is 2.39. The van der Waals surface area contributed by atoms with Crippen LogP contribution < -0.4 is 5.73 Å². The van der Waals surface area contributed by atoms with E-state index >= 15 is 0 Å². The second kappa shape index (κ2) is 5.31. The molecular weight excluding hydrogens is 162 g/mol. The smallest absolute Gasteiger partial charge is 0.314 e. The first-order chi connectivity index (χ1) is 5.68. The van der Waals surface area contributed by atoms with E-state index in [1.165, 1.54) is 13.1 Å². The first kappa shape index (κ1) is 10.6. The standard InChI is InChI=1S/C6H6O4.CH5N/c7-5(8)3-4-1-2-6(9)10-4;1-2/h1H,2-3H2,(H,7,8);2H2,1H3. The van der Waals surface area contributed by atoms with Crippen molar-refractivity contribution in [3.63, 3.8) is 0 Å². The second-order valence-corrected chi connectivity index (χ2v) is 1.92. The van der Waals surface area contributed by atoms with Crippen LogP contribution in [0.2, 0.25) is 0 Å². The molecule has 1 heterocycles. The first-order valence-corrected chi connectivity index (χ1v) is 3.38. The van der Waals surface area contributed by atoms with Crippen LogP contribution in [0.25, 0.3) is 0 Å². The summed E-state index contributed by atoms with van der Waals surface area (Å²) in [7, 11) is 1.50. The number of carboxylic acid groups (broad SMARTS) is 1. The molecule has 0 amide bonds. The fourth-order valence-corrected chi connectivity index (χ4v) is 0.684. The van der Waals surface area contributed by atoms with Crippen molar-refractivity contribution >= 4 is 11.9 Å². The summed E-state index contributed by atoms with van der Waals surface area (Å²) >= 11 is 0. The van der Waals surface area contributed by atoms with Gasteiger partial charge in [-0.15, -0.1) is 0 Å². The molecule has 68 valence electrons. The summed E-state index contributed by atoms with van der Waals surface area (Å²) < 4.78 is 4.51. The number of esters is 1. The van der Waals surface area contributed by atoms with Crippen molar-refractivity contribution in [1.29, 1.82) is 0 Å². The van der Waals surface area contributed by atoms with Crippen LogP contribution in [0.3, 0.4) is 0 Å². The lowest BCUT2D eigenvalue weighted by Gasteiger charge is -1.95. The highest BCUT2D eigenvalue weighted by Crippen LogP contribution is 2.13. The van der Waals surface area contributed by atoms with Crippen LogP contribution in [0.15, 0.2) is 11.8 Å². The zero-order chi connectivity index (χ0) is 9.56. The fourth-order valence-electron chi connectivity index (χ4n) is 0.684. The summed E-state index contributed by atoms with van der Waals surface area (Å²) in [5.41, 5.74) is 4.50. The number of carboxylic acids is 1. The predicted octanol–water partition coefficient (Wildman–Crippen LogP) is -0.133. The van der Waals surface area contributed by atoms with E-state index in [0.717, 1.165) is 0 Å². The molecular formula is C7H11NO4. The van der Waals surface area contributed by atoms with E-state index in [4.69, 9.17) is 5.11 Å². The Bertz CT molecular complexity index is 209. The highest BCUT2D eigenvalue weighted by molar-refractivity contribution is 5.78. The van der Waals surface area contributed by atoms with Gasteiger partial charge in [0.1, 0.15) is 12.2 Å². The molecule has 0 saturated heterocycles. The largest absolute Gasteiger partial charge is 0.481 e. The molecule has 0 aliphatic carbocycles. The molecule has 0 bridgehead atoms. The Morgan fingerprint density at radius 2 is 2.33 bits per heavy atom. The van der Waals surface area contributed by atoms with Crippen LogP contribution in [0, 0.1) is 0 Å². The van der Waals surface area contributed by atoms with Crippen LogP contribution >= 0.6 is 0 Å². The fraction of sp³-hybridized carbons (Fsp3) is 0.429. The third kappa shape index (κ3) is 3.72. The second-order valence-electron chi connectivity index (χ2n) is 1.92. The molecule has 0 atom stereocenters. The topological polar surface area (TPSA) is 89.6 Å². The summed E-state index contributed by atoms with van der Waals surface area (Å²) in [4.78, 5) is 20.4. The van der Waals surface area contributed by atoms with E-state index in [-0.39, 0.29) is 24.6 Å². The molecule has 5 nitrogen and oxygen atoms in total. The third-order valence-corrected chi connectivity index (χ3v) is 1.07. The lowest BCUT2D eigenvalue weighted by Crippen LogP contribution is -2.00. The van der Waals surface area contributed by atoms with Gasteiger partial charge in [-0.1, -0.05) is 0 Å². The van der Waals surface area contributed by atoms with Gasteiger partial charge in [0.25, 0.3) is 0 Å². The molecule has 5 heteroatoms. The maximum absolute atomic E-state index is 10.4. The van der Waals surface area contributed by atoms with Crippen LogP contribution in [-0.2, 0) is 14.3 Å². The van der Waals surface area contributed by atoms with Crippen molar-refractivity contribution in [2.24, 2.45) is 5.73 Å². The Labute approximate surface area is 69.8 Å². The number of hydrogen-bond acceptors (Lipinski definition) is 4. The number of cyclic esters (lactones) is 1. The monoisotopic (exact) mass is 173 g/mol. The minimum absolute atomic E-state index is 0.197. The summed E-state index contributed by atoms with van der Waals surface area (Å²) in [6.07, 6.45) is 1.48. The minimum atomic E-state index is -0.985. The number of aliphatic carboxylic acids is 1. The Hall–Kier alpha value is -1.36. The molecule has 1 aliphatic heterocycles. The van der Waals surface area contributed by atoms with Gasteiger partial charge in [0.2, 0.25) is 0 Å². The number of ether oxygens (including phenoxy) is 1. The first-order valence-electron chi connectivity index (χ1n) is 3.38. The number of carbonyl (C=O) groups excluding carboxylic acids is 1. The molecule has 0 unspecified atom stereocenters. The van der Waals surface area contributed by atoms with Crippen molar-refractivity contribution in [3.05, 3.63) is 11.8 Å². The van der Waals surface area contributed by atoms with Gasteiger partial charge in [0.15, 0.2) is 0 Å². The zero-order valence-corrected chi connectivity index (χ0v) is 6.74. The predicted molar refractivity (Wildman–Crippen MR) is 41.2 cm³/mol. The van der Waals surface area contributed by atoms with E-state index in [0.29, 0.717) is 0 Å². The molecule has 0 saturated carbocycles. The highest BCUT2D eigenvalue weighted by Gasteiger charge is 2.16. The normalized spacial score (nSPS) is 14.2. The van der Waals surface area contributed by atoms with Gasteiger partial charge in [-0.2, -0.15) is 0 Å². The highest BCUT2D eigenvalue weighted by atomic mass is 16.5. The Morgan fingerprint density at radius 3 is 2.67 bits per heavy atom. The molecule has 0 aromatic heterocycles. The van der Waals surface area contributed by atoms with E-state index in [2.05, 4.69) is 10.5 Å². The third-order valence-electron chi connectivity index (χ3n) is 1.07. The van der Waals surface area contributed by atoms with Gasteiger partial charge in [-0.25, -0.2) is 0 Å². The molecule has 3 N–H and O–H groups in total. The van der Waals surface area contributed by atoms with Crippen LogP contribution in [0.5, 0.6) is 0 Å². The van der Waals surface area contributed by atoms with Gasteiger partial charge in [0.05, 0.1) is 6.42 Å². The molecule has 1 aliphatic rings. The van der Waals surface area contributed by atoms with Crippen molar-refractivity contribution in [2.75, 3.05) is 7.05 Å². The SMILES string of the molecule is CN.O=C(O)CC1=CCC(=O)O1. The summed E-state index contributed by atoms with van der Waals surface area (Å²) in [6.45, 7) is 0.